The number of benzene rings is 2. The molecule has 0 spiro atoms. The van der Waals surface area contributed by atoms with Gasteiger partial charge in [0.1, 0.15) is 23.0 Å². The molecule has 0 bridgehead atoms. The zero-order valence-electron chi connectivity index (χ0n) is 22.7. The van der Waals surface area contributed by atoms with Crippen molar-refractivity contribution in [3.63, 3.8) is 0 Å². The molecule has 0 atom stereocenters. The van der Waals surface area contributed by atoms with Crippen molar-refractivity contribution in [1.29, 1.82) is 0 Å². The van der Waals surface area contributed by atoms with E-state index in [1.54, 1.807) is 14.2 Å². The van der Waals surface area contributed by atoms with Crippen molar-refractivity contribution in [2.24, 2.45) is 0 Å². The highest BCUT2D eigenvalue weighted by molar-refractivity contribution is 6.78. The molecule has 0 heterocycles. The van der Waals surface area contributed by atoms with E-state index in [2.05, 4.69) is 68.4 Å². The molecule has 5 heteroatoms. The third kappa shape index (κ3) is 5.18. The third-order valence-electron chi connectivity index (χ3n) is 6.91. The second-order valence-electron chi connectivity index (χ2n) is 11.1. The summed E-state index contributed by atoms with van der Waals surface area (Å²) < 4.78 is 18.4. The fourth-order valence-corrected chi connectivity index (χ4v) is 10.5. The first-order chi connectivity index (χ1) is 15.2. The zero-order chi connectivity index (χ0) is 25.3. The number of phenols is 1. The molecule has 0 aliphatic heterocycles. The Balaban J connectivity index is 2.91. The van der Waals surface area contributed by atoms with Crippen LogP contribution in [0.2, 0.25) is 16.6 Å². The molecule has 1 N–H and O–H groups in total. The molecule has 33 heavy (non-hydrogen) atoms. The molecule has 0 radical (unpaired) electrons. The molecule has 0 saturated carbocycles. The summed E-state index contributed by atoms with van der Waals surface area (Å²) in [7, 11) is 1.10. The maximum atomic E-state index is 11.4. The fourth-order valence-electron chi connectivity index (χ4n) is 5.22. The van der Waals surface area contributed by atoms with Gasteiger partial charge in [-0.3, -0.25) is 0 Å². The summed E-state index contributed by atoms with van der Waals surface area (Å²) in [6.07, 6.45) is 0. The molecule has 0 saturated heterocycles. The van der Waals surface area contributed by atoms with Gasteiger partial charge < -0.3 is 19.0 Å². The highest BCUT2D eigenvalue weighted by atomic mass is 28.4. The van der Waals surface area contributed by atoms with Crippen LogP contribution in [0.3, 0.4) is 0 Å². The van der Waals surface area contributed by atoms with Gasteiger partial charge in [0, 0.05) is 16.7 Å². The Morgan fingerprint density at radius 3 is 1.73 bits per heavy atom. The smallest absolute Gasteiger partial charge is 0.258 e. The predicted molar refractivity (Wildman–Crippen MR) is 142 cm³/mol. The van der Waals surface area contributed by atoms with Crippen LogP contribution in [0.5, 0.6) is 23.0 Å². The number of ether oxygens (including phenoxy) is 2. The molecule has 4 nitrogen and oxygen atoms in total. The van der Waals surface area contributed by atoms with Crippen LogP contribution in [0.4, 0.5) is 0 Å². The summed E-state index contributed by atoms with van der Waals surface area (Å²) >= 11 is 0. The van der Waals surface area contributed by atoms with Crippen molar-refractivity contribution < 1.29 is 19.0 Å². The van der Waals surface area contributed by atoms with E-state index < -0.39 is 8.32 Å². The molecule has 0 aliphatic rings. The van der Waals surface area contributed by atoms with E-state index in [1.807, 2.05) is 25.1 Å². The summed E-state index contributed by atoms with van der Waals surface area (Å²) in [4.78, 5) is 0. The van der Waals surface area contributed by atoms with E-state index in [0.29, 0.717) is 27.9 Å². The van der Waals surface area contributed by atoms with E-state index in [1.165, 1.54) is 0 Å². The minimum absolute atomic E-state index is 0.254. The lowest BCUT2D eigenvalue weighted by molar-refractivity contribution is 0.405. The molecule has 2 aromatic carbocycles. The van der Waals surface area contributed by atoms with Crippen LogP contribution in [-0.2, 0) is 5.41 Å². The molecule has 0 fully saturated rings. The molecule has 0 aromatic heterocycles. The fraction of sp³-hybridized carbons (Fsp3) is 0.571. The van der Waals surface area contributed by atoms with Crippen LogP contribution in [0.1, 0.15) is 73.4 Å². The lowest BCUT2D eigenvalue weighted by atomic mass is 9.84. The summed E-state index contributed by atoms with van der Waals surface area (Å²) in [5, 5.41) is 11.4. The van der Waals surface area contributed by atoms with Gasteiger partial charge in [-0.25, -0.2) is 0 Å². The largest absolute Gasteiger partial charge is 0.542 e. The first-order valence-corrected chi connectivity index (χ1v) is 14.1. The first-order valence-electron chi connectivity index (χ1n) is 12.0. The van der Waals surface area contributed by atoms with Gasteiger partial charge in [-0.2, -0.15) is 0 Å². The van der Waals surface area contributed by atoms with Gasteiger partial charge in [-0.05, 0) is 58.8 Å². The number of phenolic OH excluding ortho intramolecular Hbond substituents is 1. The van der Waals surface area contributed by atoms with Crippen molar-refractivity contribution >= 4 is 8.32 Å². The minimum Gasteiger partial charge on any atom is -0.542 e. The molecular weight excluding hydrogens is 428 g/mol. The quantitative estimate of drug-likeness (QED) is 0.393. The van der Waals surface area contributed by atoms with Crippen LogP contribution in [0.25, 0.3) is 11.1 Å². The van der Waals surface area contributed by atoms with Gasteiger partial charge in [0.15, 0.2) is 0 Å². The van der Waals surface area contributed by atoms with E-state index in [4.69, 9.17) is 13.9 Å². The zero-order valence-corrected chi connectivity index (χ0v) is 23.7. The normalized spacial score (nSPS) is 12.6. The Kier molecular flexibility index (Phi) is 8.22. The maximum Gasteiger partial charge on any atom is 0.258 e. The number of rotatable bonds is 8. The second-order valence-corrected chi connectivity index (χ2v) is 16.4. The third-order valence-corrected chi connectivity index (χ3v) is 12.9. The van der Waals surface area contributed by atoms with E-state index in [0.717, 1.165) is 28.2 Å². The van der Waals surface area contributed by atoms with Gasteiger partial charge >= 0.3 is 0 Å². The van der Waals surface area contributed by atoms with Crippen molar-refractivity contribution in [2.75, 3.05) is 14.2 Å². The van der Waals surface area contributed by atoms with Crippen LogP contribution in [0, 0.1) is 6.92 Å². The summed E-state index contributed by atoms with van der Waals surface area (Å²) in [5.41, 5.74) is 4.40. The van der Waals surface area contributed by atoms with Gasteiger partial charge in [0.2, 0.25) is 0 Å². The Morgan fingerprint density at radius 1 is 0.758 bits per heavy atom. The molecule has 0 aliphatic carbocycles. The molecule has 0 unspecified atom stereocenters. The van der Waals surface area contributed by atoms with E-state index in [9.17, 15) is 5.11 Å². The van der Waals surface area contributed by atoms with Gasteiger partial charge in [-0.15, -0.1) is 0 Å². The number of hydrogen-bond donors (Lipinski definition) is 1. The standard InChI is InChI=1S/C28H44O4Si/c1-17(2)33(18(3)4,19(5)6)32-26-13-20(7)25(31-12)16-22(26)23-14-21(30-11)15-24(27(23)29)28(8,9)10/h13-19,29H,1-12H3. The molecule has 2 rings (SSSR count). The van der Waals surface area contributed by atoms with Crippen molar-refractivity contribution in [2.45, 2.75) is 91.3 Å². The number of methoxy groups -OCH3 is 2. The first kappa shape index (κ1) is 27.1. The predicted octanol–water partition coefficient (Wildman–Crippen LogP) is 8.24. The van der Waals surface area contributed by atoms with Crippen molar-refractivity contribution in [3.05, 3.63) is 35.4 Å². The van der Waals surface area contributed by atoms with Gasteiger partial charge in [-0.1, -0.05) is 62.3 Å². The monoisotopic (exact) mass is 472 g/mol. The Labute approximate surface area is 202 Å². The Bertz CT molecular complexity index is 949. The van der Waals surface area contributed by atoms with Crippen LogP contribution < -0.4 is 13.9 Å². The van der Waals surface area contributed by atoms with E-state index >= 15 is 0 Å². The van der Waals surface area contributed by atoms with Crippen molar-refractivity contribution in [1.82, 2.24) is 0 Å². The van der Waals surface area contributed by atoms with Gasteiger partial charge in [0.05, 0.1) is 14.2 Å². The maximum absolute atomic E-state index is 11.4. The molecule has 0 amide bonds. The summed E-state index contributed by atoms with van der Waals surface area (Å²) in [5.74, 6) is 2.53. The second kappa shape index (κ2) is 10.0. The molecular formula is C28H44O4Si. The van der Waals surface area contributed by atoms with Crippen LogP contribution in [-0.4, -0.2) is 27.6 Å². The molecule has 2 aromatic rings. The van der Waals surface area contributed by atoms with Crippen LogP contribution >= 0.6 is 0 Å². The minimum atomic E-state index is -2.23. The topological polar surface area (TPSA) is 47.9 Å². The van der Waals surface area contributed by atoms with Gasteiger partial charge in [0.25, 0.3) is 8.32 Å². The van der Waals surface area contributed by atoms with Crippen LogP contribution in [0.15, 0.2) is 24.3 Å². The summed E-state index contributed by atoms with van der Waals surface area (Å²) in [6, 6.07) is 7.87. The van der Waals surface area contributed by atoms with Crippen molar-refractivity contribution in [3.8, 4) is 34.1 Å². The summed E-state index contributed by atoms with van der Waals surface area (Å²) in [6.45, 7) is 22.0. The average Bonchev–Trinajstić information content (AvgIpc) is 2.70. The highest BCUT2D eigenvalue weighted by Gasteiger charge is 2.47. The average molecular weight is 473 g/mol. The number of aromatic hydroxyl groups is 1. The Hall–Kier alpha value is -2.14. The highest BCUT2D eigenvalue weighted by Crippen LogP contribution is 2.49. The molecule has 184 valence electrons. The number of aryl methyl sites for hydroxylation is 1. The number of hydrogen-bond acceptors (Lipinski definition) is 4. The van der Waals surface area contributed by atoms with E-state index in [-0.39, 0.29) is 11.2 Å². The lowest BCUT2D eigenvalue weighted by Crippen LogP contribution is -2.50. The Morgan fingerprint density at radius 2 is 1.30 bits per heavy atom. The SMILES string of the molecule is COc1cc(-c2cc(OC)c(C)cc2O[Si](C(C)C)(C(C)C)C(C)C)c(O)c(C(C)(C)C)c1. The lowest BCUT2D eigenvalue weighted by Gasteiger charge is -2.42.